The summed E-state index contributed by atoms with van der Waals surface area (Å²) in [6, 6.07) is 0.449. The van der Waals surface area contributed by atoms with Crippen molar-refractivity contribution in [3.05, 3.63) is 0 Å². The van der Waals surface area contributed by atoms with Gasteiger partial charge in [-0.3, -0.25) is 0 Å². The number of likely N-dealkylation sites (N-methyl/N-ethyl adjacent to an activating group) is 1. The molecule has 0 bridgehead atoms. The molecule has 0 aromatic heterocycles. The molecule has 7 N–H and O–H groups in total. The Kier molecular flexibility index (Phi) is 32.8. The van der Waals surface area contributed by atoms with E-state index in [-0.39, 0.29) is 36.9 Å². The maximum absolute atomic E-state index is 5.34. The lowest BCUT2D eigenvalue weighted by Gasteiger charge is -1.99. The maximum Gasteiger partial charge on any atom is 0.0136 e. The van der Waals surface area contributed by atoms with E-state index in [1.54, 1.807) is 0 Å². The molecule has 0 spiro atoms. The Morgan fingerprint density at radius 2 is 1.38 bits per heavy atom. The van der Waals surface area contributed by atoms with Gasteiger partial charge in [0.15, 0.2) is 0 Å². The lowest BCUT2D eigenvalue weighted by Crippen LogP contribution is -2.28. The van der Waals surface area contributed by atoms with Crippen molar-refractivity contribution in [3.8, 4) is 0 Å². The second-order valence-electron chi connectivity index (χ2n) is 2.75. The molecule has 86 valence electrons. The zero-order valence-electron chi connectivity index (χ0n) is 8.62. The van der Waals surface area contributed by atoms with E-state index in [9.17, 15) is 0 Å². The van der Waals surface area contributed by atoms with E-state index in [2.05, 4.69) is 5.32 Å². The van der Waals surface area contributed by atoms with Crippen molar-refractivity contribution in [2.75, 3.05) is 20.1 Å². The molecule has 0 aromatic rings. The van der Waals surface area contributed by atoms with Gasteiger partial charge in [-0.2, -0.15) is 0 Å². The minimum atomic E-state index is 0. The number of rotatable bonds is 3. The standard InChI is InChI=1S/C4H12N2.C3H10N2.2ClH/c1-4(5)3-6-2;1-3(5)2-4;;/h4,6H,3,5H2,1-2H3;3H,2,4-5H2,1H3;2*1H/t4-;3-;;/m11../s1. The van der Waals surface area contributed by atoms with Gasteiger partial charge >= 0.3 is 0 Å². The highest BCUT2D eigenvalue weighted by atomic mass is 35.5. The third-order valence-electron chi connectivity index (χ3n) is 0.898. The first-order chi connectivity index (χ1) is 5.04. The predicted octanol–water partition coefficient (Wildman–Crippen LogP) is -0.311. The van der Waals surface area contributed by atoms with Gasteiger partial charge in [0.05, 0.1) is 0 Å². The van der Waals surface area contributed by atoms with Crippen LogP contribution in [0.2, 0.25) is 0 Å². The van der Waals surface area contributed by atoms with Gasteiger partial charge in [-0.05, 0) is 20.9 Å². The summed E-state index contributed by atoms with van der Waals surface area (Å²) in [5, 5.41) is 2.94. The summed E-state index contributed by atoms with van der Waals surface area (Å²) in [4.78, 5) is 0. The number of nitrogens with two attached hydrogens (primary N) is 3. The first-order valence-electron chi connectivity index (χ1n) is 3.90. The lowest BCUT2D eigenvalue weighted by atomic mass is 10.4. The van der Waals surface area contributed by atoms with Crippen LogP contribution in [0.5, 0.6) is 0 Å². The Bertz CT molecular complexity index is 71.5. The summed E-state index contributed by atoms with van der Waals surface area (Å²) in [7, 11) is 1.89. The summed E-state index contributed by atoms with van der Waals surface area (Å²) in [5.41, 5.74) is 15.6. The Hall–Kier alpha value is 0.420. The van der Waals surface area contributed by atoms with Gasteiger partial charge in [0.1, 0.15) is 0 Å². The third-order valence-corrected chi connectivity index (χ3v) is 0.898. The van der Waals surface area contributed by atoms with Gasteiger partial charge in [0.25, 0.3) is 0 Å². The molecule has 0 saturated heterocycles. The number of hydrogen-bond donors (Lipinski definition) is 4. The zero-order chi connectivity index (χ0) is 9.28. The molecular formula is C7H24Cl2N4. The summed E-state index contributed by atoms with van der Waals surface area (Å²) >= 11 is 0. The maximum atomic E-state index is 5.34. The topological polar surface area (TPSA) is 90.1 Å². The molecule has 0 amide bonds. The van der Waals surface area contributed by atoms with E-state index in [0.717, 1.165) is 6.54 Å². The van der Waals surface area contributed by atoms with E-state index < -0.39 is 0 Å². The lowest BCUT2D eigenvalue weighted by molar-refractivity contribution is 0.666. The highest BCUT2D eigenvalue weighted by Gasteiger charge is 1.84. The minimum Gasteiger partial charge on any atom is -0.329 e. The Labute approximate surface area is 93.8 Å². The third kappa shape index (κ3) is 45.9. The first-order valence-corrected chi connectivity index (χ1v) is 3.90. The Morgan fingerprint density at radius 3 is 1.38 bits per heavy atom. The van der Waals surface area contributed by atoms with E-state index in [0.29, 0.717) is 6.54 Å². The molecule has 0 rings (SSSR count). The summed E-state index contributed by atoms with van der Waals surface area (Å²) in [6.07, 6.45) is 0. The van der Waals surface area contributed by atoms with E-state index in [1.165, 1.54) is 0 Å². The van der Waals surface area contributed by atoms with Crippen LogP contribution >= 0.6 is 24.8 Å². The van der Waals surface area contributed by atoms with Gasteiger partial charge in [-0.25, -0.2) is 0 Å². The molecule has 0 saturated carbocycles. The van der Waals surface area contributed by atoms with E-state index >= 15 is 0 Å². The van der Waals surface area contributed by atoms with Crippen molar-refractivity contribution in [1.82, 2.24) is 5.32 Å². The van der Waals surface area contributed by atoms with Crippen LogP contribution in [-0.2, 0) is 0 Å². The molecular weight excluding hydrogens is 211 g/mol. The molecule has 0 fully saturated rings. The second-order valence-corrected chi connectivity index (χ2v) is 2.75. The Balaban J connectivity index is -0.0000000546. The number of halogens is 2. The van der Waals surface area contributed by atoms with E-state index in [1.807, 2.05) is 20.9 Å². The second kappa shape index (κ2) is 18.3. The van der Waals surface area contributed by atoms with Crippen LogP contribution < -0.4 is 22.5 Å². The predicted molar refractivity (Wildman–Crippen MR) is 64.8 cm³/mol. The summed E-state index contributed by atoms with van der Waals surface area (Å²) in [5.74, 6) is 0. The molecule has 13 heavy (non-hydrogen) atoms. The van der Waals surface area contributed by atoms with Gasteiger partial charge < -0.3 is 22.5 Å². The number of nitrogens with one attached hydrogen (secondary N) is 1. The summed E-state index contributed by atoms with van der Waals surface area (Å²) in [6.45, 7) is 5.33. The molecule has 0 heterocycles. The molecule has 0 aromatic carbocycles. The fourth-order valence-corrected chi connectivity index (χ4v) is 0.322. The molecule has 0 aliphatic carbocycles. The fourth-order valence-electron chi connectivity index (χ4n) is 0.322. The molecule has 0 radical (unpaired) electrons. The average molecular weight is 235 g/mol. The van der Waals surface area contributed by atoms with Gasteiger partial charge in [0, 0.05) is 25.2 Å². The van der Waals surface area contributed by atoms with Crippen molar-refractivity contribution >= 4 is 24.8 Å². The highest BCUT2D eigenvalue weighted by Crippen LogP contribution is 1.63. The van der Waals surface area contributed by atoms with Crippen LogP contribution in [0.4, 0.5) is 0 Å². The van der Waals surface area contributed by atoms with Crippen LogP contribution in [0, 0.1) is 0 Å². The number of hydrogen-bond acceptors (Lipinski definition) is 4. The molecule has 2 atom stereocenters. The van der Waals surface area contributed by atoms with Crippen molar-refractivity contribution in [3.63, 3.8) is 0 Å². The monoisotopic (exact) mass is 234 g/mol. The van der Waals surface area contributed by atoms with Crippen LogP contribution in [0.25, 0.3) is 0 Å². The molecule has 4 nitrogen and oxygen atoms in total. The SMILES string of the molecule is CNC[C@@H](C)N.C[C@@H](N)CN.Cl.Cl. The molecule has 6 heteroatoms. The average Bonchev–Trinajstić information content (AvgIpc) is 1.89. The summed E-state index contributed by atoms with van der Waals surface area (Å²) < 4.78 is 0. The van der Waals surface area contributed by atoms with Crippen LogP contribution in [0.1, 0.15) is 13.8 Å². The molecule has 0 aliphatic heterocycles. The smallest absolute Gasteiger partial charge is 0.0136 e. The molecule has 0 aliphatic rings. The van der Waals surface area contributed by atoms with Crippen molar-refractivity contribution in [2.45, 2.75) is 25.9 Å². The van der Waals surface area contributed by atoms with Gasteiger partial charge in [0.2, 0.25) is 0 Å². The van der Waals surface area contributed by atoms with Gasteiger partial charge in [-0.1, -0.05) is 0 Å². The Morgan fingerprint density at radius 1 is 1.08 bits per heavy atom. The quantitative estimate of drug-likeness (QED) is 0.540. The van der Waals surface area contributed by atoms with Crippen LogP contribution in [0.3, 0.4) is 0 Å². The normalized spacial score (nSPS) is 12.5. The van der Waals surface area contributed by atoms with Crippen LogP contribution in [0.15, 0.2) is 0 Å². The largest absolute Gasteiger partial charge is 0.329 e. The zero-order valence-corrected chi connectivity index (χ0v) is 10.3. The van der Waals surface area contributed by atoms with Crippen LogP contribution in [-0.4, -0.2) is 32.2 Å². The first kappa shape index (κ1) is 23.3. The fraction of sp³-hybridized carbons (Fsp3) is 1.00. The highest BCUT2D eigenvalue weighted by molar-refractivity contribution is 5.85. The van der Waals surface area contributed by atoms with Crippen molar-refractivity contribution in [2.24, 2.45) is 17.2 Å². The van der Waals surface area contributed by atoms with Gasteiger partial charge in [-0.15, -0.1) is 24.8 Å². The molecule has 0 unspecified atom stereocenters. The minimum absolute atomic E-state index is 0. The van der Waals surface area contributed by atoms with Crippen molar-refractivity contribution in [1.29, 1.82) is 0 Å². The van der Waals surface area contributed by atoms with Crippen molar-refractivity contribution < 1.29 is 0 Å². The van der Waals surface area contributed by atoms with E-state index in [4.69, 9.17) is 17.2 Å².